The van der Waals surface area contributed by atoms with Crippen LogP contribution in [-0.2, 0) is 4.74 Å². The fraction of sp³-hybridized carbons (Fsp3) is 1.00. The van der Waals surface area contributed by atoms with Gasteiger partial charge < -0.3 is 15.0 Å². The Morgan fingerprint density at radius 3 is 2.82 bits per heavy atom. The van der Waals surface area contributed by atoms with Crippen molar-refractivity contribution >= 4 is 0 Å². The summed E-state index contributed by atoms with van der Waals surface area (Å²) in [5.74, 6) is 0. The molecule has 0 spiro atoms. The first-order chi connectivity index (χ1) is 8.27. The van der Waals surface area contributed by atoms with Gasteiger partial charge in [-0.05, 0) is 39.4 Å². The summed E-state index contributed by atoms with van der Waals surface area (Å²) in [6, 6.07) is 0.643. The number of hydrogen-bond donors (Lipinski definition) is 1. The molecule has 17 heavy (non-hydrogen) atoms. The molecule has 0 amide bonds. The number of likely N-dealkylation sites (tertiary alicyclic amines) is 1. The normalized spacial score (nSPS) is 23.8. The zero-order chi connectivity index (χ0) is 12.5. The quantitative estimate of drug-likeness (QED) is 0.706. The van der Waals surface area contributed by atoms with E-state index in [1.54, 1.807) is 0 Å². The number of piperidine rings is 1. The number of nitrogens with zero attached hydrogens (tertiary/aromatic N) is 1. The molecule has 1 fully saturated rings. The molecular weight excluding hydrogens is 212 g/mol. The molecule has 0 bridgehead atoms. The van der Waals surface area contributed by atoms with Crippen LogP contribution in [0.2, 0.25) is 0 Å². The molecule has 1 aliphatic heterocycles. The number of ether oxygens (including phenoxy) is 1. The van der Waals surface area contributed by atoms with Crippen LogP contribution in [0.15, 0.2) is 0 Å². The first-order valence-corrected chi connectivity index (χ1v) is 7.30. The molecule has 0 radical (unpaired) electrons. The fourth-order valence-electron chi connectivity index (χ4n) is 2.47. The molecule has 2 atom stereocenters. The van der Waals surface area contributed by atoms with Gasteiger partial charge in [0.2, 0.25) is 0 Å². The molecule has 2 unspecified atom stereocenters. The predicted octanol–water partition coefficient (Wildman–Crippen LogP) is 2.27. The van der Waals surface area contributed by atoms with Gasteiger partial charge in [-0.2, -0.15) is 0 Å². The molecule has 0 aromatic carbocycles. The molecule has 3 heteroatoms. The summed E-state index contributed by atoms with van der Waals surface area (Å²) in [5.41, 5.74) is 0. The zero-order valence-corrected chi connectivity index (χ0v) is 11.9. The van der Waals surface area contributed by atoms with E-state index in [1.807, 2.05) is 0 Å². The first-order valence-electron chi connectivity index (χ1n) is 7.30. The number of rotatable bonds is 8. The lowest BCUT2D eigenvalue weighted by atomic mass is 10.0. The largest absolute Gasteiger partial charge is 0.375 e. The van der Waals surface area contributed by atoms with Gasteiger partial charge in [-0.3, -0.25) is 0 Å². The standard InChI is InChI=1S/C14H30N2O/c1-4-8-14(11-15-5-2)17-12-13-9-6-7-10-16(13)3/h13-15H,4-12H2,1-3H3. The molecule has 1 saturated heterocycles. The van der Waals surface area contributed by atoms with Crippen LogP contribution in [-0.4, -0.2) is 50.3 Å². The van der Waals surface area contributed by atoms with Gasteiger partial charge in [-0.25, -0.2) is 0 Å². The summed E-state index contributed by atoms with van der Waals surface area (Å²) in [5, 5.41) is 3.39. The van der Waals surface area contributed by atoms with E-state index in [0.29, 0.717) is 12.1 Å². The molecule has 1 heterocycles. The molecule has 0 aliphatic carbocycles. The zero-order valence-electron chi connectivity index (χ0n) is 11.9. The van der Waals surface area contributed by atoms with Crippen LogP contribution < -0.4 is 5.32 Å². The Hall–Kier alpha value is -0.120. The van der Waals surface area contributed by atoms with E-state index in [9.17, 15) is 0 Å². The van der Waals surface area contributed by atoms with E-state index in [0.717, 1.165) is 19.7 Å². The topological polar surface area (TPSA) is 24.5 Å². The molecule has 1 N–H and O–H groups in total. The van der Waals surface area contributed by atoms with Crippen LogP contribution in [0.3, 0.4) is 0 Å². The van der Waals surface area contributed by atoms with Crippen molar-refractivity contribution in [1.82, 2.24) is 10.2 Å². The maximum atomic E-state index is 6.09. The minimum atomic E-state index is 0.398. The third-order valence-corrected chi connectivity index (χ3v) is 3.68. The number of likely N-dealkylation sites (N-methyl/N-ethyl adjacent to an activating group) is 2. The SMILES string of the molecule is CCCC(CNCC)OCC1CCCCN1C. The van der Waals surface area contributed by atoms with Crippen molar-refractivity contribution < 1.29 is 4.74 Å². The van der Waals surface area contributed by atoms with Gasteiger partial charge in [0.05, 0.1) is 12.7 Å². The Labute approximate surface area is 107 Å². The van der Waals surface area contributed by atoms with Gasteiger partial charge in [0.1, 0.15) is 0 Å². The summed E-state index contributed by atoms with van der Waals surface area (Å²) in [4.78, 5) is 2.46. The van der Waals surface area contributed by atoms with E-state index in [2.05, 4.69) is 31.1 Å². The van der Waals surface area contributed by atoms with Crippen LogP contribution in [0, 0.1) is 0 Å². The van der Waals surface area contributed by atoms with Crippen molar-refractivity contribution in [1.29, 1.82) is 0 Å². The highest BCUT2D eigenvalue weighted by Gasteiger charge is 2.20. The van der Waals surface area contributed by atoms with E-state index < -0.39 is 0 Å². The maximum absolute atomic E-state index is 6.09. The van der Waals surface area contributed by atoms with Crippen LogP contribution in [0.4, 0.5) is 0 Å². The number of hydrogen-bond acceptors (Lipinski definition) is 3. The minimum absolute atomic E-state index is 0.398. The monoisotopic (exact) mass is 242 g/mol. The van der Waals surface area contributed by atoms with Crippen molar-refractivity contribution in [3.8, 4) is 0 Å². The molecule has 1 rings (SSSR count). The average molecular weight is 242 g/mol. The molecule has 0 aromatic rings. The Morgan fingerprint density at radius 2 is 2.18 bits per heavy atom. The van der Waals surface area contributed by atoms with Gasteiger partial charge in [0, 0.05) is 12.6 Å². The van der Waals surface area contributed by atoms with Crippen molar-refractivity contribution in [3.63, 3.8) is 0 Å². The fourth-order valence-corrected chi connectivity index (χ4v) is 2.47. The van der Waals surface area contributed by atoms with Crippen molar-refractivity contribution in [2.24, 2.45) is 0 Å². The molecular formula is C14H30N2O. The van der Waals surface area contributed by atoms with Crippen LogP contribution in [0.1, 0.15) is 46.0 Å². The van der Waals surface area contributed by atoms with Crippen molar-refractivity contribution in [2.75, 3.05) is 33.3 Å². The highest BCUT2D eigenvalue weighted by Crippen LogP contribution is 2.16. The predicted molar refractivity (Wildman–Crippen MR) is 73.5 cm³/mol. The van der Waals surface area contributed by atoms with Gasteiger partial charge >= 0.3 is 0 Å². The molecule has 102 valence electrons. The first kappa shape index (κ1) is 14.9. The van der Waals surface area contributed by atoms with Crippen LogP contribution >= 0.6 is 0 Å². The third kappa shape index (κ3) is 5.84. The smallest absolute Gasteiger partial charge is 0.0700 e. The maximum Gasteiger partial charge on any atom is 0.0700 e. The highest BCUT2D eigenvalue weighted by atomic mass is 16.5. The lowest BCUT2D eigenvalue weighted by molar-refractivity contribution is 0.000585. The molecule has 0 saturated carbocycles. The summed E-state index contributed by atoms with van der Waals surface area (Å²) >= 11 is 0. The van der Waals surface area contributed by atoms with E-state index in [-0.39, 0.29) is 0 Å². The van der Waals surface area contributed by atoms with Gasteiger partial charge in [-0.15, -0.1) is 0 Å². The number of nitrogens with one attached hydrogen (secondary N) is 1. The highest BCUT2D eigenvalue weighted by molar-refractivity contribution is 4.74. The third-order valence-electron chi connectivity index (χ3n) is 3.68. The summed E-state index contributed by atoms with van der Waals surface area (Å²) in [7, 11) is 2.23. The van der Waals surface area contributed by atoms with Gasteiger partial charge in [0.15, 0.2) is 0 Å². The second-order valence-corrected chi connectivity index (χ2v) is 5.18. The molecule has 0 aromatic heterocycles. The second-order valence-electron chi connectivity index (χ2n) is 5.18. The van der Waals surface area contributed by atoms with E-state index in [4.69, 9.17) is 4.74 Å². The van der Waals surface area contributed by atoms with Crippen LogP contribution in [0.25, 0.3) is 0 Å². The summed E-state index contributed by atoms with van der Waals surface area (Å²) in [6.45, 7) is 8.56. The van der Waals surface area contributed by atoms with E-state index in [1.165, 1.54) is 38.6 Å². The van der Waals surface area contributed by atoms with Crippen LogP contribution in [0.5, 0.6) is 0 Å². The van der Waals surface area contributed by atoms with Gasteiger partial charge in [-0.1, -0.05) is 26.7 Å². The summed E-state index contributed by atoms with van der Waals surface area (Å²) < 4.78 is 6.09. The molecule has 3 nitrogen and oxygen atoms in total. The lowest BCUT2D eigenvalue weighted by Crippen LogP contribution is -2.41. The minimum Gasteiger partial charge on any atom is -0.375 e. The Kier molecular flexibility index (Phi) is 7.82. The van der Waals surface area contributed by atoms with Crippen molar-refractivity contribution in [3.05, 3.63) is 0 Å². The lowest BCUT2D eigenvalue weighted by Gasteiger charge is -2.33. The average Bonchev–Trinajstić information content (AvgIpc) is 2.34. The Morgan fingerprint density at radius 1 is 1.35 bits per heavy atom. The van der Waals surface area contributed by atoms with E-state index >= 15 is 0 Å². The van der Waals surface area contributed by atoms with Crippen molar-refractivity contribution in [2.45, 2.75) is 58.1 Å². The Bertz CT molecular complexity index is 187. The second kappa shape index (κ2) is 8.90. The van der Waals surface area contributed by atoms with Gasteiger partial charge in [0.25, 0.3) is 0 Å². The molecule has 1 aliphatic rings. The summed E-state index contributed by atoms with van der Waals surface area (Å²) in [6.07, 6.45) is 6.79. The Balaban J connectivity index is 2.23.